The fourth-order valence-corrected chi connectivity index (χ4v) is 3.79. The van der Waals surface area contributed by atoms with E-state index >= 15 is 0 Å². The number of nitro groups is 1. The molecule has 1 saturated heterocycles. The van der Waals surface area contributed by atoms with Crippen molar-refractivity contribution in [3.63, 3.8) is 0 Å². The van der Waals surface area contributed by atoms with Crippen LogP contribution in [0.25, 0.3) is 11.1 Å². The second kappa shape index (κ2) is 9.47. The summed E-state index contributed by atoms with van der Waals surface area (Å²) in [6.07, 6.45) is 1.53. The predicted molar refractivity (Wildman–Crippen MR) is 107 cm³/mol. The van der Waals surface area contributed by atoms with Crippen molar-refractivity contribution in [2.45, 2.75) is 13.0 Å². The molecule has 2 heterocycles. The average Bonchev–Trinajstić information content (AvgIpc) is 3.23. The number of thioether (sulfide) groups is 1. The van der Waals surface area contributed by atoms with Gasteiger partial charge in [-0.1, -0.05) is 11.8 Å². The van der Waals surface area contributed by atoms with Gasteiger partial charge in [-0.25, -0.2) is 9.59 Å². The number of fused-ring (bicyclic) bond motifs is 1. The van der Waals surface area contributed by atoms with Gasteiger partial charge in [-0.3, -0.25) is 24.3 Å². The molecule has 13 heteroatoms. The monoisotopic (exact) mass is 451 g/mol. The van der Waals surface area contributed by atoms with Crippen LogP contribution < -0.4 is 5.76 Å². The Morgan fingerprint density at radius 2 is 2.13 bits per heavy atom. The first-order valence-corrected chi connectivity index (χ1v) is 9.95. The number of oxazole rings is 1. The third-order valence-electron chi connectivity index (χ3n) is 4.29. The number of methoxy groups -OCH3 is 1. The van der Waals surface area contributed by atoms with Crippen molar-refractivity contribution in [1.82, 2.24) is 9.47 Å². The van der Waals surface area contributed by atoms with Gasteiger partial charge in [0.1, 0.15) is 6.54 Å². The summed E-state index contributed by atoms with van der Waals surface area (Å²) in [6, 6.07) is 3.62. The molecule has 164 valence electrons. The number of rotatable bonds is 8. The SMILES string of the molecule is COC(=O)/C=C1/SCC(=O)N1CCCOC(=O)Cn1c(=O)oc2cc([N+](=O)[O-])ccc21. The molecule has 1 aliphatic heterocycles. The molecule has 1 aromatic heterocycles. The number of benzene rings is 1. The van der Waals surface area contributed by atoms with E-state index in [1.54, 1.807) is 0 Å². The van der Waals surface area contributed by atoms with Crippen LogP contribution in [0.4, 0.5) is 5.69 Å². The second-order valence-electron chi connectivity index (χ2n) is 6.28. The molecule has 1 aromatic carbocycles. The van der Waals surface area contributed by atoms with Crippen molar-refractivity contribution < 1.29 is 33.2 Å². The number of esters is 2. The van der Waals surface area contributed by atoms with Crippen LogP contribution in [0.2, 0.25) is 0 Å². The van der Waals surface area contributed by atoms with Crippen molar-refractivity contribution in [3.05, 3.63) is 50.0 Å². The first kappa shape index (κ1) is 22.1. The van der Waals surface area contributed by atoms with Crippen LogP contribution in [0.3, 0.4) is 0 Å². The van der Waals surface area contributed by atoms with Crippen LogP contribution in [-0.4, -0.2) is 58.3 Å². The van der Waals surface area contributed by atoms with Crippen LogP contribution in [-0.2, 0) is 30.4 Å². The highest BCUT2D eigenvalue weighted by atomic mass is 32.2. The Hall–Kier alpha value is -3.61. The molecule has 0 radical (unpaired) electrons. The number of nitro benzene ring substituents is 1. The van der Waals surface area contributed by atoms with E-state index in [-0.39, 0.29) is 41.6 Å². The fraction of sp³-hybridized carbons (Fsp3) is 0.333. The Morgan fingerprint density at radius 3 is 2.84 bits per heavy atom. The number of carbonyl (C=O) groups excluding carboxylic acids is 3. The molecule has 0 aliphatic carbocycles. The molecule has 2 aromatic rings. The zero-order valence-corrected chi connectivity index (χ0v) is 17.1. The lowest BCUT2D eigenvalue weighted by atomic mass is 10.3. The molecule has 0 bridgehead atoms. The largest absolute Gasteiger partial charge is 0.466 e. The van der Waals surface area contributed by atoms with Gasteiger partial charge < -0.3 is 18.8 Å². The number of aromatic nitrogens is 1. The highest BCUT2D eigenvalue weighted by Crippen LogP contribution is 2.28. The highest BCUT2D eigenvalue weighted by molar-refractivity contribution is 8.04. The minimum absolute atomic E-state index is 0.0121. The van der Waals surface area contributed by atoms with Crippen LogP contribution in [0, 0.1) is 10.1 Å². The van der Waals surface area contributed by atoms with Gasteiger partial charge >= 0.3 is 17.7 Å². The minimum atomic E-state index is -0.843. The molecule has 12 nitrogen and oxygen atoms in total. The van der Waals surface area contributed by atoms with Gasteiger partial charge in [0.15, 0.2) is 5.58 Å². The summed E-state index contributed by atoms with van der Waals surface area (Å²) >= 11 is 1.21. The van der Waals surface area contributed by atoms with E-state index in [0.29, 0.717) is 11.4 Å². The van der Waals surface area contributed by atoms with Gasteiger partial charge in [0, 0.05) is 12.6 Å². The van der Waals surface area contributed by atoms with Crippen LogP contribution in [0.1, 0.15) is 6.42 Å². The van der Waals surface area contributed by atoms with Gasteiger partial charge in [0.2, 0.25) is 5.91 Å². The normalized spacial score (nSPS) is 14.9. The molecular formula is C18H17N3O9S. The lowest BCUT2D eigenvalue weighted by molar-refractivity contribution is -0.384. The third kappa shape index (κ3) is 5.12. The number of amides is 1. The molecule has 0 spiro atoms. The van der Waals surface area contributed by atoms with E-state index in [1.807, 2.05) is 0 Å². The van der Waals surface area contributed by atoms with Gasteiger partial charge in [-0.2, -0.15) is 0 Å². The average molecular weight is 451 g/mol. The van der Waals surface area contributed by atoms with Gasteiger partial charge in [0.05, 0.1) is 47.1 Å². The van der Waals surface area contributed by atoms with Crippen molar-refractivity contribution in [3.8, 4) is 0 Å². The van der Waals surface area contributed by atoms with Crippen LogP contribution in [0.15, 0.2) is 38.5 Å². The Balaban J connectivity index is 1.55. The van der Waals surface area contributed by atoms with Crippen LogP contribution in [0.5, 0.6) is 0 Å². The van der Waals surface area contributed by atoms with Gasteiger partial charge in [0.25, 0.3) is 5.69 Å². The first-order chi connectivity index (χ1) is 14.8. The van der Waals surface area contributed by atoms with Gasteiger partial charge in [-0.05, 0) is 12.5 Å². The zero-order chi connectivity index (χ0) is 22.5. The Morgan fingerprint density at radius 1 is 1.35 bits per heavy atom. The zero-order valence-electron chi connectivity index (χ0n) is 16.3. The van der Waals surface area contributed by atoms with Crippen molar-refractivity contribution in [2.24, 2.45) is 0 Å². The third-order valence-corrected chi connectivity index (χ3v) is 5.32. The molecule has 0 unspecified atom stereocenters. The molecular weight excluding hydrogens is 434 g/mol. The van der Waals surface area contributed by atoms with E-state index < -0.39 is 29.2 Å². The number of ether oxygens (including phenoxy) is 2. The Bertz CT molecular complexity index is 1130. The summed E-state index contributed by atoms with van der Waals surface area (Å²) in [6.45, 7) is -0.218. The van der Waals surface area contributed by atoms with E-state index in [9.17, 15) is 29.3 Å². The summed E-state index contributed by atoms with van der Waals surface area (Å²) in [4.78, 5) is 59.0. The first-order valence-electron chi connectivity index (χ1n) is 8.96. The summed E-state index contributed by atoms with van der Waals surface area (Å²) in [5.41, 5.74) is -0.0296. The minimum Gasteiger partial charge on any atom is -0.466 e. The maximum Gasteiger partial charge on any atom is 0.420 e. The number of non-ortho nitro benzene ring substituents is 1. The Kier molecular flexibility index (Phi) is 6.74. The molecule has 0 N–H and O–H groups in total. The second-order valence-corrected chi connectivity index (χ2v) is 7.27. The quantitative estimate of drug-likeness (QED) is 0.187. The molecule has 3 rings (SSSR count). The van der Waals surface area contributed by atoms with E-state index in [2.05, 4.69) is 4.74 Å². The van der Waals surface area contributed by atoms with E-state index in [0.717, 1.165) is 10.6 Å². The lowest BCUT2D eigenvalue weighted by Crippen LogP contribution is -2.27. The number of carbonyl (C=O) groups is 3. The van der Waals surface area contributed by atoms with Crippen LogP contribution >= 0.6 is 11.8 Å². The summed E-state index contributed by atoms with van der Waals surface area (Å²) in [7, 11) is 1.24. The highest BCUT2D eigenvalue weighted by Gasteiger charge is 2.27. The summed E-state index contributed by atoms with van der Waals surface area (Å²) in [5, 5.41) is 11.3. The number of hydrogen-bond donors (Lipinski definition) is 0. The van der Waals surface area contributed by atoms with Crippen molar-refractivity contribution in [1.29, 1.82) is 0 Å². The predicted octanol–water partition coefficient (Wildman–Crippen LogP) is 1.03. The Labute approximate surface area is 178 Å². The number of nitrogens with zero attached hydrogens (tertiary/aromatic N) is 3. The van der Waals surface area contributed by atoms with E-state index in [4.69, 9.17) is 9.15 Å². The maximum atomic E-state index is 12.1. The lowest BCUT2D eigenvalue weighted by Gasteiger charge is -2.16. The van der Waals surface area contributed by atoms with Crippen molar-refractivity contribution >= 4 is 46.4 Å². The standard InChI is InChI=1S/C18H17N3O9S/c1-28-16(23)8-15-19(14(22)10-31-15)5-2-6-29-17(24)9-20-12-4-3-11(21(26)27)7-13(12)30-18(20)25/h3-4,7-8H,2,5-6,9-10H2,1H3/b15-8+. The molecule has 0 atom stereocenters. The summed E-state index contributed by atoms with van der Waals surface area (Å²) < 4.78 is 15.6. The fourth-order valence-electron chi connectivity index (χ4n) is 2.83. The molecule has 1 aliphatic rings. The summed E-state index contributed by atoms with van der Waals surface area (Å²) in [5.74, 6) is -2.09. The molecule has 31 heavy (non-hydrogen) atoms. The maximum absolute atomic E-state index is 12.1. The molecule has 1 amide bonds. The molecule has 0 saturated carbocycles. The van der Waals surface area contributed by atoms with E-state index in [1.165, 1.54) is 42.0 Å². The topological polar surface area (TPSA) is 151 Å². The number of hydrogen-bond acceptors (Lipinski definition) is 10. The van der Waals surface area contributed by atoms with Gasteiger partial charge in [-0.15, -0.1) is 0 Å². The molecule has 1 fully saturated rings. The van der Waals surface area contributed by atoms with Crippen molar-refractivity contribution in [2.75, 3.05) is 26.0 Å². The smallest absolute Gasteiger partial charge is 0.420 e.